The molecule has 0 aliphatic carbocycles. The Morgan fingerprint density at radius 3 is 2.33 bits per heavy atom. The molecule has 1 N–H and O–H groups in total. The van der Waals surface area contributed by atoms with E-state index >= 15 is 0 Å². The van der Waals surface area contributed by atoms with Crippen LogP contribution in [0.3, 0.4) is 0 Å². The Hall–Kier alpha value is -1.40. The Balaban J connectivity index is 2.40. The first-order valence-electron chi connectivity index (χ1n) is 11.9. The van der Waals surface area contributed by atoms with Crippen molar-refractivity contribution in [3.63, 3.8) is 0 Å². The van der Waals surface area contributed by atoms with Crippen LogP contribution in [0.1, 0.15) is 86.0 Å². The van der Waals surface area contributed by atoms with Crippen LogP contribution in [0.15, 0.2) is 22.1 Å². The molecular formula is C24H44N2O4. The van der Waals surface area contributed by atoms with Crippen molar-refractivity contribution >= 4 is 11.8 Å². The summed E-state index contributed by atoms with van der Waals surface area (Å²) in [4.78, 5) is 9.26. The molecule has 30 heavy (non-hydrogen) atoms. The van der Waals surface area contributed by atoms with E-state index in [1.165, 1.54) is 25.7 Å². The van der Waals surface area contributed by atoms with Crippen molar-refractivity contribution in [2.75, 3.05) is 26.4 Å². The highest BCUT2D eigenvalue weighted by Gasteiger charge is 2.43. The minimum Gasteiger partial charge on any atom is -0.480 e. The average Bonchev–Trinajstić information content (AvgIpc) is 2.72. The fourth-order valence-corrected chi connectivity index (χ4v) is 3.33. The average molecular weight is 425 g/mol. The van der Waals surface area contributed by atoms with E-state index in [-0.39, 0.29) is 6.04 Å². The van der Waals surface area contributed by atoms with Crippen LogP contribution in [0.5, 0.6) is 0 Å². The third-order valence-corrected chi connectivity index (χ3v) is 5.21. The number of allylic oxidation sites excluding steroid dienone is 1. The fraction of sp³-hybridized carbons (Fsp3) is 0.833. The zero-order valence-corrected chi connectivity index (χ0v) is 19.9. The van der Waals surface area contributed by atoms with Crippen LogP contribution in [0.2, 0.25) is 0 Å². The van der Waals surface area contributed by atoms with E-state index in [0.717, 1.165) is 38.9 Å². The van der Waals surface area contributed by atoms with Crippen LogP contribution in [0, 0.1) is 0 Å². The molecule has 0 spiro atoms. The number of aliphatic hydroxyl groups excluding tert-OH is 1. The number of rotatable bonds is 15. The molecule has 0 saturated carbocycles. The molecule has 1 rings (SSSR count). The summed E-state index contributed by atoms with van der Waals surface area (Å²) < 4.78 is 17.0. The van der Waals surface area contributed by atoms with Crippen LogP contribution in [-0.4, -0.2) is 61.0 Å². The van der Waals surface area contributed by atoms with E-state index < -0.39 is 11.6 Å². The lowest BCUT2D eigenvalue weighted by Crippen LogP contribution is -2.50. The smallest absolute Gasteiger partial charge is 0.215 e. The number of ether oxygens (including phenoxy) is 3. The van der Waals surface area contributed by atoms with Crippen molar-refractivity contribution in [3.05, 3.63) is 12.2 Å². The van der Waals surface area contributed by atoms with E-state index in [1.54, 1.807) is 6.08 Å². The first-order chi connectivity index (χ1) is 14.5. The summed E-state index contributed by atoms with van der Waals surface area (Å²) in [6.45, 7) is 12.5. The maximum absolute atomic E-state index is 10.8. The van der Waals surface area contributed by atoms with Crippen molar-refractivity contribution in [2.24, 2.45) is 9.98 Å². The summed E-state index contributed by atoms with van der Waals surface area (Å²) in [6, 6.07) is -0.206. The van der Waals surface area contributed by atoms with Crippen molar-refractivity contribution in [2.45, 2.75) is 104 Å². The zero-order chi connectivity index (χ0) is 22.2. The van der Waals surface area contributed by atoms with Gasteiger partial charge in [-0.25, -0.2) is 9.98 Å². The molecule has 1 heterocycles. The van der Waals surface area contributed by atoms with Crippen LogP contribution in [0.25, 0.3) is 0 Å². The highest BCUT2D eigenvalue weighted by molar-refractivity contribution is 5.97. The monoisotopic (exact) mass is 424 g/mol. The van der Waals surface area contributed by atoms with Gasteiger partial charge in [-0.15, -0.1) is 0 Å². The standard InChI is InChI=1S/C24H44N2O4/c1-6-9-10-12-15-18-28-19-16-13-11-14-17-21(27)24(5)23(30-8-3)25-20(4)22(26-24)29-7-2/h14,17,20-21,27H,6-13,15-16,18-19H2,1-5H3/b17-14+/t20-,21?,24+/m1/s1. The molecule has 1 aliphatic heterocycles. The van der Waals surface area contributed by atoms with Crippen LogP contribution < -0.4 is 0 Å². The van der Waals surface area contributed by atoms with Gasteiger partial charge in [0, 0.05) is 13.2 Å². The Kier molecular flexibility index (Phi) is 13.7. The molecule has 0 aromatic heterocycles. The SMILES string of the molecule is CCCCCCCOCCCC/C=C/C(O)[C@]1(C)N=C(OCC)[C@@H](C)N=C1OCC. The zero-order valence-electron chi connectivity index (χ0n) is 19.9. The van der Waals surface area contributed by atoms with E-state index in [2.05, 4.69) is 16.9 Å². The van der Waals surface area contributed by atoms with E-state index in [4.69, 9.17) is 14.2 Å². The summed E-state index contributed by atoms with van der Waals surface area (Å²) in [5.74, 6) is 1.01. The van der Waals surface area contributed by atoms with Gasteiger partial charge in [-0.2, -0.15) is 0 Å². The van der Waals surface area contributed by atoms with E-state index in [1.807, 2.05) is 33.8 Å². The topological polar surface area (TPSA) is 72.6 Å². The number of unbranched alkanes of at least 4 members (excludes halogenated alkanes) is 6. The van der Waals surface area contributed by atoms with Gasteiger partial charge in [-0.05, 0) is 53.4 Å². The molecule has 0 bridgehead atoms. The van der Waals surface area contributed by atoms with Crippen molar-refractivity contribution in [1.29, 1.82) is 0 Å². The largest absolute Gasteiger partial charge is 0.480 e. The quantitative estimate of drug-likeness (QED) is 0.293. The number of hydrogen-bond acceptors (Lipinski definition) is 6. The van der Waals surface area contributed by atoms with Crippen molar-refractivity contribution < 1.29 is 19.3 Å². The number of aliphatic hydroxyl groups is 1. The van der Waals surface area contributed by atoms with E-state index in [0.29, 0.717) is 25.0 Å². The lowest BCUT2D eigenvalue weighted by Gasteiger charge is -2.34. The van der Waals surface area contributed by atoms with Gasteiger partial charge in [-0.3, -0.25) is 0 Å². The Labute approximate surface area is 183 Å². The van der Waals surface area contributed by atoms with Crippen LogP contribution >= 0.6 is 0 Å². The molecule has 6 heteroatoms. The molecule has 0 aromatic rings. The molecular weight excluding hydrogens is 380 g/mol. The fourth-order valence-electron chi connectivity index (χ4n) is 3.33. The summed E-state index contributed by atoms with van der Waals surface area (Å²) in [5.41, 5.74) is -0.968. The molecule has 0 aromatic carbocycles. The van der Waals surface area contributed by atoms with Gasteiger partial charge >= 0.3 is 0 Å². The first kappa shape index (κ1) is 26.6. The summed E-state index contributed by atoms with van der Waals surface area (Å²) in [6.07, 6.45) is 12.3. The molecule has 3 atom stereocenters. The van der Waals surface area contributed by atoms with Gasteiger partial charge < -0.3 is 19.3 Å². The van der Waals surface area contributed by atoms with Gasteiger partial charge in [0.2, 0.25) is 11.8 Å². The predicted octanol–water partition coefficient (Wildman–Crippen LogP) is 5.09. The number of hydrogen-bond donors (Lipinski definition) is 1. The Morgan fingerprint density at radius 1 is 1.00 bits per heavy atom. The maximum Gasteiger partial charge on any atom is 0.215 e. The second-order valence-electron chi connectivity index (χ2n) is 7.97. The van der Waals surface area contributed by atoms with Gasteiger partial charge in [0.25, 0.3) is 0 Å². The number of aliphatic imine (C=N–C) groups is 2. The normalized spacial score (nSPS) is 22.7. The second kappa shape index (κ2) is 15.4. The molecule has 174 valence electrons. The molecule has 0 amide bonds. The molecule has 0 fully saturated rings. The van der Waals surface area contributed by atoms with Gasteiger partial charge in [0.1, 0.15) is 12.1 Å². The van der Waals surface area contributed by atoms with Crippen LogP contribution in [-0.2, 0) is 14.2 Å². The van der Waals surface area contributed by atoms with Gasteiger partial charge in [0.15, 0.2) is 5.54 Å². The minimum atomic E-state index is -0.968. The van der Waals surface area contributed by atoms with Gasteiger partial charge in [-0.1, -0.05) is 44.8 Å². The van der Waals surface area contributed by atoms with Crippen molar-refractivity contribution in [3.8, 4) is 0 Å². The molecule has 6 nitrogen and oxygen atoms in total. The Morgan fingerprint density at radius 2 is 1.67 bits per heavy atom. The first-order valence-corrected chi connectivity index (χ1v) is 11.9. The third kappa shape index (κ3) is 9.17. The summed E-state index contributed by atoms with van der Waals surface area (Å²) >= 11 is 0. The molecule has 0 radical (unpaired) electrons. The minimum absolute atomic E-state index is 0.206. The lowest BCUT2D eigenvalue weighted by molar-refractivity contribution is 0.126. The lowest BCUT2D eigenvalue weighted by atomic mass is 9.92. The van der Waals surface area contributed by atoms with E-state index in [9.17, 15) is 5.11 Å². The van der Waals surface area contributed by atoms with Crippen molar-refractivity contribution in [1.82, 2.24) is 0 Å². The summed E-state index contributed by atoms with van der Waals surface area (Å²) in [5, 5.41) is 10.8. The molecule has 1 unspecified atom stereocenters. The summed E-state index contributed by atoms with van der Waals surface area (Å²) in [7, 11) is 0. The van der Waals surface area contributed by atoms with Gasteiger partial charge in [0.05, 0.1) is 13.2 Å². The van der Waals surface area contributed by atoms with Crippen LogP contribution in [0.4, 0.5) is 0 Å². The third-order valence-electron chi connectivity index (χ3n) is 5.21. The second-order valence-corrected chi connectivity index (χ2v) is 7.97. The highest BCUT2D eigenvalue weighted by atomic mass is 16.5. The molecule has 0 saturated heterocycles. The molecule has 1 aliphatic rings. The maximum atomic E-state index is 10.8. The number of nitrogens with zero attached hydrogens (tertiary/aromatic N) is 2. The Bertz CT molecular complexity index is 547. The predicted molar refractivity (Wildman–Crippen MR) is 125 cm³/mol. The highest BCUT2D eigenvalue weighted by Crippen LogP contribution is 2.26.